The molecule has 1 saturated carbocycles. The van der Waals surface area contributed by atoms with Crippen molar-refractivity contribution in [2.45, 2.75) is 52.5 Å². The predicted octanol–water partition coefficient (Wildman–Crippen LogP) is 4.27. The normalized spacial score (nSPS) is 22.3. The van der Waals surface area contributed by atoms with Gasteiger partial charge in [-0.15, -0.1) is 22.7 Å². The van der Waals surface area contributed by atoms with Crippen molar-refractivity contribution in [3.8, 4) is 10.4 Å². The number of hydrogen-bond donors (Lipinski definition) is 2. The number of anilines is 1. The number of urea groups is 1. The van der Waals surface area contributed by atoms with Gasteiger partial charge in [-0.25, -0.2) is 9.59 Å². The highest BCUT2D eigenvalue weighted by Crippen LogP contribution is 2.46. The fourth-order valence-corrected chi connectivity index (χ4v) is 7.39. The molecule has 1 spiro atoms. The third kappa shape index (κ3) is 5.75. The van der Waals surface area contributed by atoms with E-state index in [1.807, 2.05) is 24.4 Å². The van der Waals surface area contributed by atoms with Gasteiger partial charge in [0.2, 0.25) is 0 Å². The Labute approximate surface area is 228 Å². The molecular weight excluding hydrogens is 530 g/mol. The molecule has 1 saturated heterocycles. The molecule has 2 aromatic rings. The minimum Gasteiger partial charge on any atom is -0.462 e. The maximum atomic E-state index is 13.2. The summed E-state index contributed by atoms with van der Waals surface area (Å²) < 4.78 is 10.2. The summed E-state index contributed by atoms with van der Waals surface area (Å²) in [7, 11) is 0. The number of thiophene rings is 2. The van der Waals surface area contributed by atoms with Gasteiger partial charge in [0.15, 0.2) is 6.61 Å². The Morgan fingerprint density at radius 3 is 2.61 bits per heavy atom. The quantitative estimate of drug-likeness (QED) is 0.363. The first-order valence-corrected chi connectivity index (χ1v) is 14.1. The second-order valence-electron chi connectivity index (χ2n) is 10.5. The summed E-state index contributed by atoms with van der Waals surface area (Å²) in [5, 5.41) is 9.32. The highest BCUT2D eigenvalue weighted by molar-refractivity contribution is 7.17. The predicted molar refractivity (Wildman–Crippen MR) is 143 cm³/mol. The van der Waals surface area contributed by atoms with Crippen LogP contribution in [0.1, 0.15) is 57.3 Å². The molecule has 4 rings (SSSR count). The summed E-state index contributed by atoms with van der Waals surface area (Å²) in [6, 6.07) is 3.07. The van der Waals surface area contributed by atoms with Crippen LogP contribution in [0.4, 0.5) is 9.80 Å². The maximum Gasteiger partial charge on any atom is 0.341 e. The van der Waals surface area contributed by atoms with Gasteiger partial charge >= 0.3 is 18.0 Å². The first-order valence-electron chi connectivity index (χ1n) is 12.4. The van der Waals surface area contributed by atoms with Crippen LogP contribution in [0.2, 0.25) is 0 Å². The summed E-state index contributed by atoms with van der Waals surface area (Å²) >= 11 is 2.61. The highest BCUT2D eigenvalue weighted by Gasteiger charge is 2.56. The molecule has 204 valence electrons. The highest BCUT2D eigenvalue weighted by atomic mass is 32.1. The SMILES string of the molecule is CCOC(=O)c1c(-c2cccs2)csc1NC(=O)COC(=O)CN1C(=O)NC2(CC(C)CC(C)(C)C2)C1=O. The molecule has 3 heterocycles. The molecule has 2 aliphatic rings. The minimum absolute atomic E-state index is 0.136. The lowest BCUT2D eigenvalue weighted by Crippen LogP contribution is -2.54. The molecule has 2 N–H and O–H groups in total. The standard InChI is InChI=1S/C26H31N3O7S2/c1-5-35-22(32)20-16(17-7-6-8-37-17)13-38-21(20)27-18(30)12-36-19(31)11-29-23(33)26(28-24(29)34)10-15(2)9-25(3,4)14-26/h6-8,13,15H,5,9-12,14H2,1-4H3,(H,27,30)(H,28,34). The Morgan fingerprint density at radius 1 is 1.18 bits per heavy atom. The molecule has 2 fully saturated rings. The number of carbonyl (C=O) groups excluding carboxylic acids is 5. The molecule has 2 aromatic heterocycles. The summed E-state index contributed by atoms with van der Waals surface area (Å²) in [5.41, 5.74) is -0.293. The van der Waals surface area contributed by atoms with Gasteiger partial charge in [0.1, 0.15) is 22.6 Å². The van der Waals surface area contributed by atoms with Crippen LogP contribution >= 0.6 is 22.7 Å². The van der Waals surface area contributed by atoms with Gasteiger partial charge in [0, 0.05) is 15.8 Å². The first kappa shape index (κ1) is 27.8. The van der Waals surface area contributed by atoms with E-state index in [1.54, 1.807) is 12.3 Å². The molecule has 0 aromatic carbocycles. The lowest BCUT2D eigenvalue weighted by Gasteiger charge is -2.43. The lowest BCUT2D eigenvalue weighted by atomic mass is 9.64. The maximum absolute atomic E-state index is 13.2. The van der Waals surface area contributed by atoms with Crippen LogP contribution in [0.3, 0.4) is 0 Å². The number of nitrogens with one attached hydrogen (secondary N) is 2. The summed E-state index contributed by atoms with van der Waals surface area (Å²) in [5.74, 6) is -2.34. The molecule has 0 radical (unpaired) electrons. The van der Waals surface area contributed by atoms with E-state index in [2.05, 4.69) is 24.5 Å². The lowest BCUT2D eigenvalue weighted by molar-refractivity contribution is -0.150. The van der Waals surface area contributed by atoms with Crippen molar-refractivity contribution in [1.82, 2.24) is 10.2 Å². The number of nitrogens with zero attached hydrogens (tertiary/aromatic N) is 1. The van der Waals surface area contributed by atoms with Crippen LogP contribution in [0, 0.1) is 11.3 Å². The fraction of sp³-hybridized carbons (Fsp3) is 0.500. The van der Waals surface area contributed by atoms with Crippen molar-refractivity contribution < 1.29 is 33.4 Å². The summed E-state index contributed by atoms with van der Waals surface area (Å²) in [6.07, 6.45) is 1.93. The van der Waals surface area contributed by atoms with Crippen molar-refractivity contribution in [2.24, 2.45) is 11.3 Å². The molecule has 2 atom stereocenters. The van der Waals surface area contributed by atoms with Crippen LogP contribution in [0.25, 0.3) is 10.4 Å². The van der Waals surface area contributed by atoms with Crippen molar-refractivity contribution >= 4 is 57.5 Å². The van der Waals surface area contributed by atoms with E-state index in [1.165, 1.54) is 11.3 Å². The topological polar surface area (TPSA) is 131 Å². The average Bonchev–Trinajstić information content (AvgIpc) is 3.53. The Bertz CT molecular complexity index is 1250. The minimum atomic E-state index is -1.03. The number of amides is 4. The molecule has 12 heteroatoms. The van der Waals surface area contributed by atoms with Crippen molar-refractivity contribution in [2.75, 3.05) is 25.1 Å². The zero-order valence-electron chi connectivity index (χ0n) is 21.8. The third-order valence-corrected chi connectivity index (χ3v) is 8.38. The second-order valence-corrected chi connectivity index (χ2v) is 12.3. The van der Waals surface area contributed by atoms with Crippen molar-refractivity contribution in [3.05, 3.63) is 28.5 Å². The second kappa shape index (κ2) is 10.9. The summed E-state index contributed by atoms with van der Waals surface area (Å²) in [4.78, 5) is 65.2. The van der Waals surface area contributed by atoms with Crippen LogP contribution < -0.4 is 10.6 Å². The number of esters is 2. The number of imide groups is 1. The summed E-state index contributed by atoms with van der Waals surface area (Å²) in [6.45, 7) is 6.78. The monoisotopic (exact) mass is 561 g/mol. The van der Waals surface area contributed by atoms with E-state index >= 15 is 0 Å². The zero-order chi connectivity index (χ0) is 27.7. The zero-order valence-corrected chi connectivity index (χ0v) is 23.4. The molecule has 0 bridgehead atoms. The van der Waals surface area contributed by atoms with Gasteiger partial charge < -0.3 is 20.1 Å². The number of ether oxygens (including phenoxy) is 2. The van der Waals surface area contributed by atoms with Crippen molar-refractivity contribution in [1.29, 1.82) is 0 Å². The van der Waals surface area contributed by atoms with Crippen LogP contribution in [-0.4, -0.2) is 60.0 Å². The first-order chi connectivity index (χ1) is 17.9. The molecule has 1 aliphatic carbocycles. The van der Waals surface area contributed by atoms with Gasteiger partial charge in [-0.2, -0.15) is 0 Å². The Kier molecular flexibility index (Phi) is 7.93. The van der Waals surface area contributed by atoms with E-state index in [-0.39, 0.29) is 28.5 Å². The molecule has 4 amide bonds. The van der Waals surface area contributed by atoms with Gasteiger partial charge in [-0.1, -0.05) is 26.8 Å². The van der Waals surface area contributed by atoms with Gasteiger partial charge in [0.05, 0.1) is 6.61 Å². The average molecular weight is 562 g/mol. The third-order valence-electron chi connectivity index (χ3n) is 6.59. The van der Waals surface area contributed by atoms with E-state index in [9.17, 15) is 24.0 Å². The Morgan fingerprint density at radius 2 is 1.95 bits per heavy atom. The Balaban J connectivity index is 1.37. The number of hydrogen-bond acceptors (Lipinski definition) is 9. The van der Waals surface area contributed by atoms with Crippen LogP contribution in [0.5, 0.6) is 0 Å². The molecular formula is C26H31N3O7S2. The number of rotatable bonds is 8. The molecule has 38 heavy (non-hydrogen) atoms. The van der Waals surface area contributed by atoms with E-state index in [0.29, 0.717) is 18.4 Å². The van der Waals surface area contributed by atoms with Crippen LogP contribution in [0.15, 0.2) is 22.9 Å². The van der Waals surface area contributed by atoms with E-state index in [0.717, 1.165) is 27.5 Å². The Hall–Kier alpha value is -3.25. The molecule has 10 nitrogen and oxygen atoms in total. The van der Waals surface area contributed by atoms with Gasteiger partial charge in [-0.3, -0.25) is 19.3 Å². The smallest absolute Gasteiger partial charge is 0.341 e. The van der Waals surface area contributed by atoms with E-state index < -0.39 is 48.5 Å². The van der Waals surface area contributed by atoms with Gasteiger partial charge in [0.25, 0.3) is 11.8 Å². The van der Waals surface area contributed by atoms with Crippen molar-refractivity contribution in [3.63, 3.8) is 0 Å². The van der Waals surface area contributed by atoms with E-state index in [4.69, 9.17) is 9.47 Å². The fourth-order valence-electron chi connectivity index (χ4n) is 5.60. The largest absolute Gasteiger partial charge is 0.462 e. The number of carbonyl (C=O) groups is 5. The molecule has 2 unspecified atom stereocenters. The molecule has 1 aliphatic heterocycles. The van der Waals surface area contributed by atoms with Crippen LogP contribution in [-0.2, 0) is 23.9 Å². The van der Waals surface area contributed by atoms with Gasteiger partial charge in [-0.05, 0) is 49.0 Å².